The Balaban J connectivity index is 2.25. The molecule has 21 heavy (non-hydrogen) atoms. The first kappa shape index (κ1) is 15.7. The Morgan fingerprint density at radius 3 is 2.29 bits per heavy atom. The molecule has 0 heterocycles. The topological polar surface area (TPSA) is 21.3 Å². The number of likely N-dealkylation sites (N-methyl/N-ethyl adjacent to an activating group) is 1. The van der Waals surface area contributed by atoms with Crippen LogP contribution in [0.15, 0.2) is 42.5 Å². The van der Waals surface area contributed by atoms with Gasteiger partial charge in [-0.2, -0.15) is 0 Å². The number of halogens is 3. The molecule has 1 N–H and O–H groups in total. The zero-order chi connectivity index (χ0) is 15.4. The molecule has 5 heteroatoms. The highest BCUT2D eigenvalue weighted by Gasteiger charge is 2.25. The summed E-state index contributed by atoms with van der Waals surface area (Å²) in [4.78, 5) is 0. The monoisotopic (exact) mass is 311 g/mol. The molecule has 2 aromatic carbocycles. The molecule has 0 saturated heterocycles. The van der Waals surface area contributed by atoms with Crippen molar-refractivity contribution < 1.29 is 13.5 Å². The Kier molecular flexibility index (Phi) is 5.15. The van der Waals surface area contributed by atoms with E-state index in [4.69, 9.17) is 16.3 Å². The SMILES string of the molecule is CNC(c1c(F)cccc1F)C(C)Oc1cccc(Cl)c1. The van der Waals surface area contributed by atoms with Gasteiger partial charge in [-0.15, -0.1) is 0 Å². The number of hydrogen-bond donors (Lipinski definition) is 1. The molecule has 0 aliphatic heterocycles. The van der Waals surface area contributed by atoms with Crippen LogP contribution in [-0.2, 0) is 0 Å². The fourth-order valence-electron chi connectivity index (χ4n) is 2.24. The minimum atomic E-state index is -0.620. The van der Waals surface area contributed by atoms with Gasteiger partial charge in [0.05, 0.1) is 6.04 Å². The van der Waals surface area contributed by atoms with E-state index in [0.29, 0.717) is 10.8 Å². The second-order valence-corrected chi connectivity index (χ2v) is 5.12. The van der Waals surface area contributed by atoms with Gasteiger partial charge < -0.3 is 10.1 Å². The van der Waals surface area contributed by atoms with Crippen LogP contribution >= 0.6 is 11.6 Å². The standard InChI is InChI=1S/C16H16ClF2NO/c1-10(21-12-6-3-5-11(17)9-12)16(20-2)15-13(18)7-4-8-14(15)19/h3-10,16,20H,1-2H3. The van der Waals surface area contributed by atoms with Gasteiger partial charge in [0.15, 0.2) is 0 Å². The van der Waals surface area contributed by atoms with Gasteiger partial charge in [-0.1, -0.05) is 23.7 Å². The van der Waals surface area contributed by atoms with E-state index in [-0.39, 0.29) is 5.56 Å². The Morgan fingerprint density at radius 2 is 1.71 bits per heavy atom. The van der Waals surface area contributed by atoms with Gasteiger partial charge in [-0.3, -0.25) is 0 Å². The summed E-state index contributed by atoms with van der Waals surface area (Å²) in [6.45, 7) is 1.74. The minimum absolute atomic E-state index is 0.0328. The molecular weight excluding hydrogens is 296 g/mol. The van der Waals surface area contributed by atoms with E-state index in [1.165, 1.54) is 18.2 Å². The van der Waals surface area contributed by atoms with Crippen LogP contribution in [-0.4, -0.2) is 13.2 Å². The largest absolute Gasteiger partial charge is 0.489 e. The van der Waals surface area contributed by atoms with Gasteiger partial charge in [0.1, 0.15) is 23.5 Å². The third-order valence-corrected chi connectivity index (χ3v) is 3.44. The minimum Gasteiger partial charge on any atom is -0.489 e. The molecule has 0 spiro atoms. The lowest BCUT2D eigenvalue weighted by molar-refractivity contribution is 0.170. The predicted octanol–water partition coefficient (Wildman–Crippen LogP) is 4.35. The molecule has 0 amide bonds. The maximum absolute atomic E-state index is 13.9. The summed E-state index contributed by atoms with van der Waals surface area (Å²) in [6.07, 6.45) is -0.486. The van der Waals surface area contributed by atoms with Gasteiger partial charge in [0.25, 0.3) is 0 Å². The lowest BCUT2D eigenvalue weighted by Crippen LogP contribution is -2.33. The fourth-order valence-corrected chi connectivity index (χ4v) is 2.42. The highest BCUT2D eigenvalue weighted by atomic mass is 35.5. The Bertz CT molecular complexity index is 601. The molecule has 0 bridgehead atoms. The van der Waals surface area contributed by atoms with Crippen LogP contribution in [0.4, 0.5) is 8.78 Å². The van der Waals surface area contributed by atoms with Gasteiger partial charge in [0, 0.05) is 10.6 Å². The molecule has 2 aromatic rings. The lowest BCUT2D eigenvalue weighted by Gasteiger charge is -2.25. The van der Waals surface area contributed by atoms with Crippen molar-refractivity contribution in [3.05, 3.63) is 64.7 Å². The van der Waals surface area contributed by atoms with Gasteiger partial charge in [0.2, 0.25) is 0 Å². The molecule has 0 saturated carbocycles. The zero-order valence-electron chi connectivity index (χ0n) is 11.7. The maximum atomic E-state index is 13.9. The Morgan fingerprint density at radius 1 is 1.10 bits per heavy atom. The van der Waals surface area contributed by atoms with Crippen molar-refractivity contribution >= 4 is 11.6 Å². The lowest BCUT2D eigenvalue weighted by atomic mass is 10.0. The van der Waals surface area contributed by atoms with E-state index in [1.807, 2.05) is 0 Å². The van der Waals surface area contributed by atoms with Crippen molar-refractivity contribution in [1.29, 1.82) is 0 Å². The third-order valence-electron chi connectivity index (χ3n) is 3.21. The molecule has 0 aliphatic rings. The first-order valence-corrected chi connectivity index (χ1v) is 6.94. The van der Waals surface area contributed by atoms with Crippen LogP contribution in [0.25, 0.3) is 0 Å². The summed E-state index contributed by atoms with van der Waals surface area (Å²) < 4.78 is 33.5. The summed E-state index contributed by atoms with van der Waals surface area (Å²) >= 11 is 5.89. The molecule has 2 rings (SSSR count). The quantitative estimate of drug-likeness (QED) is 0.886. The van der Waals surface area contributed by atoms with Crippen LogP contribution < -0.4 is 10.1 Å². The number of rotatable bonds is 5. The highest BCUT2D eigenvalue weighted by Crippen LogP contribution is 2.27. The number of hydrogen-bond acceptors (Lipinski definition) is 2. The normalized spacial score (nSPS) is 13.8. The van der Waals surface area contributed by atoms with Crippen molar-refractivity contribution in [2.45, 2.75) is 19.1 Å². The molecule has 0 aliphatic carbocycles. The van der Waals surface area contributed by atoms with Crippen LogP contribution in [0.3, 0.4) is 0 Å². The number of nitrogens with one attached hydrogen (secondary N) is 1. The molecular formula is C16H16ClF2NO. The second kappa shape index (κ2) is 6.87. The summed E-state index contributed by atoms with van der Waals surface area (Å²) in [5.74, 6) is -0.654. The second-order valence-electron chi connectivity index (χ2n) is 4.68. The Hall–Kier alpha value is -1.65. The van der Waals surface area contributed by atoms with Gasteiger partial charge >= 0.3 is 0 Å². The average molecular weight is 312 g/mol. The van der Waals surface area contributed by atoms with Crippen LogP contribution in [0, 0.1) is 11.6 Å². The van der Waals surface area contributed by atoms with Crippen molar-refractivity contribution in [2.24, 2.45) is 0 Å². The third kappa shape index (κ3) is 3.71. The number of ether oxygens (including phenoxy) is 1. The first-order valence-electron chi connectivity index (χ1n) is 6.56. The van der Waals surface area contributed by atoms with Crippen LogP contribution in [0.1, 0.15) is 18.5 Å². The average Bonchev–Trinajstić information content (AvgIpc) is 2.43. The van der Waals surface area contributed by atoms with E-state index < -0.39 is 23.8 Å². The highest BCUT2D eigenvalue weighted by molar-refractivity contribution is 6.30. The summed E-state index contributed by atoms with van der Waals surface area (Å²) in [5.41, 5.74) is -0.0328. The summed E-state index contributed by atoms with van der Waals surface area (Å²) in [6, 6.07) is 10.1. The van der Waals surface area contributed by atoms with E-state index in [0.717, 1.165) is 0 Å². The predicted molar refractivity (Wildman–Crippen MR) is 79.7 cm³/mol. The summed E-state index contributed by atoms with van der Waals surface area (Å²) in [7, 11) is 1.63. The molecule has 0 fully saturated rings. The number of benzene rings is 2. The van der Waals surface area contributed by atoms with Gasteiger partial charge in [-0.25, -0.2) is 8.78 Å². The van der Waals surface area contributed by atoms with E-state index in [9.17, 15) is 8.78 Å². The van der Waals surface area contributed by atoms with Crippen molar-refractivity contribution in [3.63, 3.8) is 0 Å². The fraction of sp³-hybridized carbons (Fsp3) is 0.250. The van der Waals surface area contributed by atoms with E-state index >= 15 is 0 Å². The van der Waals surface area contributed by atoms with Crippen molar-refractivity contribution in [2.75, 3.05) is 7.05 Å². The Labute approximate surface area is 127 Å². The van der Waals surface area contributed by atoms with Crippen LogP contribution in [0.2, 0.25) is 5.02 Å². The van der Waals surface area contributed by atoms with Gasteiger partial charge in [-0.05, 0) is 44.3 Å². The molecule has 2 nitrogen and oxygen atoms in total. The maximum Gasteiger partial charge on any atom is 0.131 e. The zero-order valence-corrected chi connectivity index (χ0v) is 12.5. The smallest absolute Gasteiger partial charge is 0.131 e. The summed E-state index contributed by atoms with van der Waals surface area (Å²) in [5, 5.41) is 3.44. The first-order chi connectivity index (χ1) is 10.0. The molecule has 2 atom stereocenters. The van der Waals surface area contributed by atoms with Crippen molar-refractivity contribution in [3.8, 4) is 5.75 Å². The van der Waals surface area contributed by atoms with E-state index in [2.05, 4.69) is 5.32 Å². The molecule has 2 unspecified atom stereocenters. The van der Waals surface area contributed by atoms with E-state index in [1.54, 1.807) is 38.2 Å². The molecule has 0 radical (unpaired) electrons. The molecule has 112 valence electrons. The van der Waals surface area contributed by atoms with Crippen LogP contribution in [0.5, 0.6) is 5.75 Å². The molecule has 0 aromatic heterocycles. The van der Waals surface area contributed by atoms with Crippen molar-refractivity contribution in [1.82, 2.24) is 5.32 Å².